The number of benzene rings is 20. The van der Waals surface area contributed by atoms with Crippen LogP contribution in [0, 0.1) is 0 Å². The zero-order valence-electron chi connectivity index (χ0n) is 75.3. The summed E-state index contributed by atoms with van der Waals surface area (Å²) in [7, 11) is 0. The van der Waals surface area contributed by atoms with Crippen LogP contribution in [-0.2, 0) is 0 Å². The zero-order chi connectivity index (χ0) is 92.4. The van der Waals surface area contributed by atoms with Gasteiger partial charge >= 0.3 is 0 Å². The predicted octanol–water partition coefficient (Wildman–Crippen LogP) is 32.8. The molecule has 0 aliphatic carbocycles. The molecule has 11 aromatic heterocycles. The van der Waals surface area contributed by atoms with Gasteiger partial charge in [-0.05, 0) is 130 Å². The Balaban J connectivity index is 0.000000101. The van der Waals surface area contributed by atoms with Crippen molar-refractivity contribution in [1.82, 2.24) is 58.0 Å². The number of hydrogen-bond acceptors (Lipinski definition) is 11. The Morgan fingerprint density at radius 3 is 1.27 bits per heavy atom. The van der Waals surface area contributed by atoms with E-state index in [9.17, 15) is 0 Å². The third kappa shape index (κ3) is 12.7. The van der Waals surface area contributed by atoms with Crippen molar-refractivity contribution >= 4 is 200 Å². The van der Waals surface area contributed by atoms with Crippen molar-refractivity contribution in [2.75, 3.05) is 0 Å². The topological polar surface area (TPSA) is 149 Å². The van der Waals surface area contributed by atoms with Gasteiger partial charge in [0, 0.05) is 129 Å². The maximum absolute atomic E-state index is 6.53. The molecule has 656 valence electrons. The Morgan fingerprint density at radius 1 is 0.177 bits per heavy atom. The molecule has 0 aliphatic rings. The molecule has 15 heteroatoms. The summed E-state index contributed by atoms with van der Waals surface area (Å²) in [5, 5.41) is 23.6. The fourth-order valence-corrected chi connectivity index (χ4v) is 22.8. The van der Waals surface area contributed by atoms with Crippen molar-refractivity contribution in [3.05, 3.63) is 449 Å². The van der Waals surface area contributed by atoms with Gasteiger partial charge in [0.25, 0.3) is 0 Å². The monoisotopic (exact) mass is 1820 g/mol. The number of nitrogens with zero attached hydrogens (tertiary/aromatic N) is 12. The number of fused-ring (bicyclic) bond motifs is 26. The molecule has 0 unspecified atom stereocenters. The summed E-state index contributed by atoms with van der Waals surface area (Å²) in [6, 6.07) is 157. The minimum absolute atomic E-state index is 0.561. The van der Waals surface area contributed by atoms with Crippen LogP contribution in [0.2, 0.25) is 0 Å². The van der Waals surface area contributed by atoms with E-state index in [1.54, 1.807) is 0 Å². The molecule has 20 aromatic carbocycles. The number of furan rings is 2. The highest BCUT2D eigenvalue weighted by molar-refractivity contribution is 7.26. The standard InChI is InChI=1S/C44H25N3OS.C43H26N4O.C39H23N5/c1-2-11-27(12-3-1)34-25-35(28-19-20-31-30-14-6-8-16-37(30)48-38(31)24-28)46-44(45-34)47-36-22-23-40-42(32-15-7-9-17-39(32)49-40)41(36)33-21-18-26-10-4-5-13-29(26)43(33)47;1-4-12-27(13-5-1)32-20-21-33-36(25-32)47(43-45-41(28-14-6-2-7-15-28)44-42(46-43)29-16-8-3-9-17-29)35-22-23-37-40(39(33)35)34-24-30-18-10-11-19-31(30)26-38(34)48-37;1-3-12-24(13-4-1)37-40-38(25-14-5-2-6-15-25)42-39(41-37)44-32-21-11-18-28-26-16-7-9-19-30(26)43-31-20-10-8-17-27(31)29-22-23-33(44)35(34(28)32)36(29)43/h1-25H;1-26H;1-23H. The molecule has 31 aromatic rings. The molecule has 0 amide bonds. The fourth-order valence-electron chi connectivity index (χ4n) is 21.7. The quantitative estimate of drug-likeness (QED) is 0.130. The second-order valence-electron chi connectivity index (χ2n) is 35.9. The predicted molar refractivity (Wildman–Crippen MR) is 580 cm³/mol. The maximum atomic E-state index is 6.53. The molecule has 0 spiro atoms. The van der Waals surface area contributed by atoms with Gasteiger partial charge in [0.05, 0.1) is 61.0 Å². The average Bonchev–Trinajstić information content (AvgIpc) is 1.52. The SMILES string of the molecule is c1ccc(-c2cc(-c3ccc4c(c3)oc3ccccc34)nc(-n3c4ccc5sc6ccccc6c5c4c4ccc5ccccc5c43)n2)cc1.c1ccc(-c2ccc3c4c5c(ccc4n(-c4nc(-c6ccccc6)nc(-c6ccccc6)n4)c3c2)oc2cc3ccccc3cc25)cc1.c1ccc(-c2nc(-c3ccccc3)nc(-n3c4cccc5c6ccccc6n6c7ccccc7c7ccc3c(c54)c76)n2)cc1. The van der Waals surface area contributed by atoms with Gasteiger partial charge in [0.1, 0.15) is 22.3 Å². The molecule has 31 rings (SSSR count). The third-order valence-corrected chi connectivity index (χ3v) is 29.1. The van der Waals surface area contributed by atoms with E-state index in [0.29, 0.717) is 41.1 Å². The average molecular weight is 1820 g/mol. The van der Waals surface area contributed by atoms with Crippen LogP contribution >= 0.6 is 11.3 Å². The van der Waals surface area contributed by atoms with Crippen molar-refractivity contribution < 1.29 is 8.83 Å². The van der Waals surface area contributed by atoms with Gasteiger partial charge < -0.3 is 13.2 Å². The van der Waals surface area contributed by atoms with E-state index in [0.717, 1.165) is 149 Å². The first-order chi connectivity index (χ1) is 69.9. The van der Waals surface area contributed by atoms with Crippen LogP contribution in [0.1, 0.15) is 0 Å². The second kappa shape index (κ2) is 31.8. The van der Waals surface area contributed by atoms with E-state index >= 15 is 0 Å². The number of para-hydroxylation sites is 3. The molecule has 0 saturated heterocycles. The molecule has 0 fully saturated rings. The van der Waals surface area contributed by atoms with Crippen LogP contribution in [0.25, 0.3) is 286 Å². The summed E-state index contributed by atoms with van der Waals surface area (Å²) in [4.78, 5) is 41.3. The van der Waals surface area contributed by atoms with E-state index in [-0.39, 0.29) is 0 Å². The lowest BCUT2D eigenvalue weighted by Crippen LogP contribution is -2.06. The van der Waals surface area contributed by atoms with Crippen LogP contribution < -0.4 is 0 Å². The maximum Gasteiger partial charge on any atom is 0.238 e. The van der Waals surface area contributed by atoms with Gasteiger partial charge in [0.2, 0.25) is 17.8 Å². The van der Waals surface area contributed by atoms with Crippen LogP contribution in [0.5, 0.6) is 0 Å². The van der Waals surface area contributed by atoms with Crippen LogP contribution in [0.3, 0.4) is 0 Å². The van der Waals surface area contributed by atoms with Crippen molar-refractivity contribution in [1.29, 1.82) is 0 Å². The van der Waals surface area contributed by atoms with Crippen LogP contribution in [-0.4, -0.2) is 58.0 Å². The molecular weight excluding hydrogens is 1750 g/mol. The summed E-state index contributed by atoms with van der Waals surface area (Å²) in [5.41, 5.74) is 23.2. The number of aromatic nitrogens is 12. The largest absolute Gasteiger partial charge is 0.456 e. The molecule has 0 atom stereocenters. The zero-order valence-corrected chi connectivity index (χ0v) is 76.1. The van der Waals surface area contributed by atoms with Crippen molar-refractivity contribution in [3.8, 4) is 97.0 Å². The Morgan fingerprint density at radius 2 is 0.610 bits per heavy atom. The molecule has 14 nitrogen and oxygen atoms in total. The van der Waals surface area contributed by atoms with Crippen molar-refractivity contribution in [2.24, 2.45) is 0 Å². The Bertz CT molecular complexity index is 10400. The van der Waals surface area contributed by atoms with E-state index in [1.807, 2.05) is 133 Å². The lowest BCUT2D eigenvalue weighted by atomic mass is 10.0. The summed E-state index contributed by atoms with van der Waals surface area (Å²) >= 11 is 1.85. The summed E-state index contributed by atoms with van der Waals surface area (Å²) < 4.78 is 24.6. The molecule has 0 bridgehead atoms. The van der Waals surface area contributed by atoms with E-state index in [4.69, 9.17) is 48.7 Å². The van der Waals surface area contributed by atoms with E-state index < -0.39 is 0 Å². The summed E-state index contributed by atoms with van der Waals surface area (Å²) in [6.07, 6.45) is 0. The van der Waals surface area contributed by atoms with Gasteiger partial charge in [-0.25, -0.2) is 19.9 Å². The highest BCUT2D eigenvalue weighted by atomic mass is 32.1. The minimum atomic E-state index is 0.561. The lowest BCUT2D eigenvalue weighted by molar-refractivity contribution is 0.669. The van der Waals surface area contributed by atoms with Crippen LogP contribution in [0.15, 0.2) is 458 Å². The first-order valence-corrected chi connectivity index (χ1v) is 48.1. The van der Waals surface area contributed by atoms with Crippen LogP contribution in [0.4, 0.5) is 0 Å². The van der Waals surface area contributed by atoms with E-state index in [2.05, 4.69) is 346 Å². The third-order valence-electron chi connectivity index (χ3n) is 28.0. The Kier molecular flexibility index (Phi) is 17.9. The molecular formula is C126H74N12O2S. The first kappa shape index (κ1) is 79.4. The Labute approximate surface area is 807 Å². The van der Waals surface area contributed by atoms with Gasteiger partial charge in [-0.3, -0.25) is 13.7 Å². The highest BCUT2D eigenvalue weighted by Crippen LogP contribution is 2.50. The van der Waals surface area contributed by atoms with Crippen molar-refractivity contribution in [2.45, 2.75) is 0 Å². The molecule has 0 N–H and O–H groups in total. The number of rotatable bonds is 10. The first-order valence-electron chi connectivity index (χ1n) is 47.3. The lowest BCUT2D eigenvalue weighted by Gasteiger charge is -2.12. The molecule has 11 heterocycles. The van der Waals surface area contributed by atoms with Crippen molar-refractivity contribution in [3.63, 3.8) is 0 Å². The molecule has 0 saturated carbocycles. The number of hydrogen-bond donors (Lipinski definition) is 0. The smallest absolute Gasteiger partial charge is 0.238 e. The molecule has 0 aliphatic heterocycles. The highest BCUT2D eigenvalue weighted by Gasteiger charge is 2.30. The van der Waals surface area contributed by atoms with Gasteiger partial charge in [0.15, 0.2) is 23.3 Å². The van der Waals surface area contributed by atoms with Gasteiger partial charge in [-0.15, -0.1) is 11.3 Å². The summed E-state index contributed by atoms with van der Waals surface area (Å²) in [6.45, 7) is 0. The number of thiophene rings is 1. The minimum Gasteiger partial charge on any atom is -0.456 e. The second-order valence-corrected chi connectivity index (χ2v) is 37.0. The molecule has 141 heavy (non-hydrogen) atoms. The normalized spacial score (nSPS) is 12.0. The fraction of sp³-hybridized carbons (Fsp3) is 0. The van der Waals surface area contributed by atoms with Gasteiger partial charge in [-0.2, -0.15) is 19.9 Å². The van der Waals surface area contributed by atoms with E-state index in [1.165, 1.54) is 96.0 Å². The Hall–Kier alpha value is -19.0. The summed E-state index contributed by atoms with van der Waals surface area (Å²) in [5.74, 6) is 4.33. The molecule has 0 radical (unpaired) electrons. The van der Waals surface area contributed by atoms with Gasteiger partial charge in [-0.1, -0.05) is 352 Å².